The molecule has 2 rings (SSSR count). The smallest absolute Gasteiger partial charge is 0.166 e. The predicted octanol–water partition coefficient (Wildman–Crippen LogP) is 2.72. The van der Waals surface area contributed by atoms with Crippen molar-refractivity contribution in [1.82, 2.24) is 4.98 Å². The van der Waals surface area contributed by atoms with Crippen LogP contribution in [0.15, 0.2) is 36.7 Å². The van der Waals surface area contributed by atoms with E-state index in [4.69, 9.17) is 5.26 Å². The summed E-state index contributed by atoms with van der Waals surface area (Å²) in [7, 11) is 0. The highest BCUT2D eigenvalue weighted by Gasteiger charge is 2.09. The van der Waals surface area contributed by atoms with Crippen molar-refractivity contribution in [1.29, 1.82) is 5.26 Å². The molecular formula is C13H10N2O. The van der Waals surface area contributed by atoms with Gasteiger partial charge in [-0.3, -0.25) is 9.78 Å². The molecule has 0 saturated carbocycles. The molecule has 0 radical (unpaired) electrons. The van der Waals surface area contributed by atoms with E-state index in [1.165, 1.54) is 0 Å². The summed E-state index contributed by atoms with van der Waals surface area (Å²) in [5.41, 5.74) is 0.605. The van der Waals surface area contributed by atoms with Gasteiger partial charge < -0.3 is 0 Å². The van der Waals surface area contributed by atoms with E-state index in [1.807, 2.05) is 30.3 Å². The van der Waals surface area contributed by atoms with Crippen LogP contribution < -0.4 is 0 Å². The summed E-state index contributed by atoms with van der Waals surface area (Å²) < 4.78 is 0. The van der Waals surface area contributed by atoms with Gasteiger partial charge in [0.25, 0.3) is 0 Å². The highest BCUT2D eigenvalue weighted by atomic mass is 16.1. The second-order valence-corrected chi connectivity index (χ2v) is 3.49. The van der Waals surface area contributed by atoms with E-state index in [9.17, 15) is 4.79 Å². The standard InChI is InChI=1S/C13H10N2O/c14-7-3-6-13(16)12-9-15-8-10-4-1-2-5-11(10)12/h1-2,4-5,8-9H,3,6H2. The van der Waals surface area contributed by atoms with Gasteiger partial charge in [0, 0.05) is 36.2 Å². The lowest BCUT2D eigenvalue weighted by atomic mass is 10.0. The molecule has 0 bridgehead atoms. The Hall–Kier alpha value is -2.21. The fourth-order valence-corrected chi connectivity index (χ4v) is 1.64. The van der Waals surface area contributed by atoms with Gasteiger partial charge in [-0.05, 0) is 5.39 Å². The van der Waals surface area contributed by atoms with Crippen molar-refractivity contribution in [2.24, 2.45) is 0 Å². The molecule has 3 heteroatoms. The van der Waals surface area contributed by atoms with Crippen LogP contribution >= 0.6 is 0 Å². The highest BCUT2D eigenvalue weighted by molar-refractivity contribution is 6.07. The Morgan fingerprint density at radius 1 is 1.31 bits per heavy atom. The molecule has 0 saturated heterocycles. The number of Topliss-reactive ketones (excluding diaryl/α,β-unsaturated/α-hetero) is 1. The molecule has 1 aromatic carbocycles. The zero-order valence-electron chi connectivity index (χ0n) is 8.68. The molecule has 3 nitrogen and oxygen atoms in total. The van der Waals surface area contributed by atoms with E-state index in [0.29, 0.717) is 5.56 Å². The average Bonchev–Trinajstić information content (AvgIpc) is 2.35. The second-order valence-electron chi connectivity index (χ2n) is 3.49. The van der Waals surface area contributed by atoms with E-state index in [2.05, 4.69) is 4.98 Å². The molecule has 0 aliphatic rings. The second kappa shape index (κ2) is 4.54. The molecule has 1 aromatic heterocycles. The first kappa shape index (κ1) is 10.3. The molecule has 0 aliphatic carbocycles. The first-order valence-electron chi connectivity index (χ1n) is 5.06. The summed E-state index contributed by atoms with van der Waals surface area (Å²) in [6, 6.07) is 9.60. The number of fused-ring (bicyclic) bond motifs is 1. The number of carbonyl (C=O) groups is 1. The molecular weight excluding hydrogens is 200 g/mol. The average molecular weight is 210 g/mol. The van der Waals surface area contributed by atoms with E-state index >= 15 is 0 Å². The van der Waals surface area contributed by atoms with Crippen molar-refractivity contribution in [3.8, 4) is 6.07 Å². The van der Waals surface area contributed by atoms with Crippen molar-refractivity contribution in [2.75, 3.05) is 0 Å². The Kier molecular flexibility index (Phi) is 2.93. The van der Waals surface area contributed by atoms with Gasteiger partial charge in [-0.25, -0.2) is 0 Å². The Balaban J connectivity index is 2.45. The van der Waals surface area contributed by atoms with E-state index in [-0.39, 0.29) is 18.6 Å². The topological polar surface area (TPSA) is 53.8 Å². The minimum absolute atomic E-state index is 0.0224. The maximum absolute atomic E-state index is 11.8. The van der Waals surface area contributed by atoms with E-state index < -0.39 is 0 Å². The predicted molar refractivity (Wildman–Crippen MR) is 60.9 cm³/mol. The van der Waals surface area contributed by atoms with Crippen LogP contribution in [0.2, 0.25) is 0 Å². The highest BCUT2D eigenvalue weighted by Crippen LogP contribution is 2.18. The van der Waals surface area contributed by atoms with Crippen LogP contribution in [0.3, 0.4) is 0 Å². The summed E-state index contributed by atoms with van der Waals surface area (Å²) in [6.07, 6.45) is 3.81. The van der Waals surface area contributed by atoms with Gasteiger partial charge >= 0.3 is 0 Å². The van der Waals surface area contributed by atoms with Gasteiger partial charge in [0.15, 0.2) is 5.78 Å². The van der Waals surface area contributed by atoms with Crippen LogP contribution in [-0.2, 0) is 0 Å². The number of hydrogen-bond acceptors (Lipinski definition) is 3. The van der Waals surface area contributed by atoms with Crippen molar-refractivity contribution in [3.63, 3.8) is 0 Å². The van der Waals surface area contributed by atoms with Crippen molar-refractivity contribution >= 4 is 16.6 Å². The van der Waals surface area contributed by atoms with Crippen LogP contribution in [-0.4, -0.2) is 10.8 Å². The van der Waals surface area contributed by atoms with Crippen molar-refractivity contribution in [3.05, 3.63) is 42.2 Å². The largest absolute Gasteiger partial charge is 0.294 e. The monoisotopic (exact) mass is 210 g/mol. The fourth-order valence-electron chi connectivity index (χ4n) is 1.64. The summed E-state index contributed by atoms with van der Waals surface area (Å²) >= 11 is 0. The number of pyridine rings is 1. The molecule has 1 heterocycles. The molecule has 0 spiro atoms. The van der Waals surface area contributed by atoms with Gasteiger partial charge in [-0.15, -0.1) is 0 Å². The van der Waals surface area contributed by atoms with Gasteiger partial charge in [0.2, 0.25) is 0 Å². The number of carbonyl (C=O) groups excluding carboxylic acids is 1. The number of ketones is 1. The summed E-state index contributed by atoms with van der Waals surface area (Å²) in [6.45, 7) is 0. The minimum atomic E-state index is -0.0224. The maximum atomic E-state index is 11.8. The zero-order valence-corrected chi connectivity index (χ0v) is 8.68. The quantitative estimate of drug-likeness (QED) is 0.732. The molecule has 0 atom stereocenters. The lowest BCUT2D eigenvalue weighted by molar-refractivity contribution is 0.0985. The summed E-state index contributed by atoms with van der Waals surface area (Å²) in [4.78, 5) is 15.9. The third-order valence-electron chi connectivity index (χ3n) is 2.43. The van der Waals surface area contributed by atoms with Crippen LogP contribution in [0.1, 0.15) is 23.2 Å². The lowest BCUT2D eigenvalue weighted by Gasteiger charge is -2.03. The summed E-state index contributed by atoms with van der Waals surface area (Å²) in [5.74, 6) is -0.0224. The van der Waals surface area contributed by atoms with Crippen LogP contribution in [0.4, 0.5) is 0 Å². The molecule has 0 fully saturated rings. The van der Waals surface area contributed by atoms with Gasteiger partial charge in [0.05, 0.1) is 6.07 Å². The van der Waals surface area contributed by atoms with Crippen LogP contribution in [0.25, 0.3) is 10.8 Å². The van der Waals surface area contributed by atoms with Gasteiger partial charge in [0.1, 0.15) is 0 Å². The lowest BCUT2D eigenvalue weighted by Crippen LogP contribution is -2.00. The molecule has 16 heavy (non-hydrogen) atoms. The Bertz CT molecular complexity index is 564. The first-order chi connectivity index (χ1) is 7.83. The minimum Gasteiger partial charge on any atom is -0.294 e. The molecule has 0 N–H and O–H groups in total. The number of benzene rings is 1. The summed E-state index contributed by atoms with van der Waals surface area (Å²) in [5, 5.41) is 10.3. The molecule has 78 valence electrons. The third kappa shape index (κ3) is 1.91. The van der Waals surface area contributed by atoms with Gasteiger partial charge in [-0.2, -0.15) is 5.26 Å². The molecule has 2 aromatic rings. The Morgan fingerprint density at radius 2 is 2.12 bits per heavy atom. The normalized spacial score (nSPS) is 9.94. The number of rotatable bonds is 3. The van der Waals surface area contributed by atoms with Crippen LogP contribution in [0.5, 0.6) is 0 Å². The van der Waals surface area contributed by atoms with Crippen LogP contribution in [0, 0.1) is 11.3 Å². The SMILES string of the molecule is N#CCCC(=O)c1cncc2ccccc12. The fraction of sp³-hybridized carbons (Fsp3) is 0.154. The molecule has 0 aliphatic heterocycles. The van der Waals surface area contributed by atoms with E-state index in [0.717, 1.165) is 10.8 Å². The number of hydrogen-bond donors (Lipinski definition) is 0. The Morgan fingerprint density at radius 3 is 2.94 bits per heavy atom. The maximum Gasteiger partial charge on any atom is 0.166 e. The third-order valence-corrected chi connectivity index (χ3v) is 2.43. The van der Waals surface area contributed by atoms with Crippen molar-refractivity contribution in [2.45, 2.75) is 12.8 Å². The first-order valence-corrected chi connectivity index (χ1v) is 5.06. The van der Waals surface area contributed by atoms with Crippen molar-refractivity contribution < 1.29 is 4.79 Å². The molecule has 0 amide bonds. The van der Waals surface area contributed by atoms with Gasteiger partial charge in [-0.1, -0.05) is 24.3 Å². The number of nitrogens with zero attached hydrogens (tertiary/aromatic N) is 2. The zero-order chi connectivity index (χ0) is 11.4. The van der Waals surface area contributed by atoms with E-state index in [1.54, 1.807) is 12.4 Å². The molecule has 0 unspecified atom stereocenters. The number of aromatic nitrogens is 1. The Labute approximate surface area is 93.3 Å². The number of nitriles is 1.